The third kappa shape index (κ3) is 1.92. The highest BCUT2D eigenvalue weighted by Crippen LogP contribution is 2.25. The monoisotopic (exact) mass is 326 g/mol. The topological polar surface area (TPSA) is 52.2 Å². The van der Waals surface area contributed by atoms with Crippen molar-refractivity contribution in [3.8, 4) is 5.69 Å². The van der Waals surface area contributed by atoms with Crippen molar-refractivity contribution in [2.24, 2.45) is 0 Å². The maximum Gasteiger partial charge on any atom is 0.264 e. The van der Waals surface area contributed by atoms with Gasteiger partial charge in [-0.05, 0) is 37.3 Å². The average molecular weight is 326 g/mol. The van der Waals surface area contributed by atoms with Crippen molar-refractivity contribution in [3.63, 3.8) is 0 Å². The van der Waals surface area contributed by atoms with Crippen molar-refractivity contribution in [1.82, 2.24) is 18.9 Å². The molecule has 0 aliphatic heterocycles. The van der Waals surface area contributed by atoms with Gasteiger partial charge in [-0.2, -0.15) is 0 Å². The molecular formula is C20H14N4O. The van der Waals surface area contributed by atoms with Crippen molar-refractivity contribution in [2.75, 3.05) is 0 Å². The number of fused-ring (bicyclic) bond motifs is 5. The first-order chi connectivity index (χ1) is 12.2. The molecule has 0 unspecified atom stereocenters. The Morgan fingerprint density at radius 1 is 0.920 bits per heavy atom. The van der Waals surface area contributed by atoms with E-state index in [1.807, 2.05) is 72.1 Å². The summed E-state index contributed by atoms with van der Waals surface area (Å²) in [5.74, 6) is 0. The quantitative estimate of drug-likeness (QED) is 0.474. The fourth-order valence-electron chi connectivity index (χ4n) is 3.30. The summed E-state index contributed by atoms with van der Waals surface area (Å²) in [5, 5.41) is 1.52. The van der Waals surface area contributed by atoms with Crippen LogP contribution in [0.3, 0.4) is 0 Å². The number of aryl methyl sites for hydroxylation is 1. The lowest BCUT2D eigenvalue weighted by Crippen LogP contribution is -2.20. The van der Waals surface area contributed by atoms with Crippen LogP contribution in [0.5, 0.6) is 0 Å². The Labute approximate surface area is 142 Å². The molecule has 5 heteroatoms. The summed E-state index contributed by atoms with van der Waals surface area (Å²) >= 11 is 0. The van der Waals surface area contributed by atoms with Crippen molar-refractivity contribution in [2.45, 2.75) is 6.92 Å². The second kappa shape index (κ2) is 5.01. The van der Waals surface area contributed by atoms with Crippen LogP contribution in [0, 0.1) is 6.92 Å². The van der Waals surface area contributed by atoms with E-state index >= 15 is 0 Å². The number of benzene rings is 1. The second-order valence-corrected chi connectivity index (χ2v) is 6.06. The van der Waals surface area contributed by atoms with E-state index in [1.165, 1.54) is 0 Å². The van der Waals surface area contributed by atoms with Crippen LogP contribution >= 0.6 is 0 Å². The normalized spacial score (nSPS) is 11.6. The van der Waals surface area contributed by atoms with E-state index in [-0.39, 0.29) is 5.56 Å². The average Bonchev–Trinajstić information content (AvgIpc) is 3.03. The molecule has 0 saturated carbocycles. The molecule has 4 heterocycles. The molecule has 5 nitrogen and oxygen atoms in total. The lowest BCUT2D eigenvalue weighted by Gasteiger charge is -2.10. The molecule has 0 bridgehead atoms. The van der Waals surface area contributed by atoms with Gasteiger partial charge in [-0.3, -0.25) is 18.7 Å². The number of imidazole rings is 1. The van der Waals surface area contributed by atoms with Crippen LogP contribution in [0.4, 0.5) is 0 Å². The molecule has 0 atom stereocenters. The lowest BCUT2D eigenvalue weighted by atomic mass is 10.1. The third-order valence-electron chi connectivity index (χ3n) is 4.49. The Hall–Kier alpha value is -3.47. The predicted molar refractivity (Wildman–Crippen MR) is 98.3 cm³/mol. The number of aromatic nitrogens is 4. The number of nitrogens with zero attached hydrogens (tertiary/aromatic N) is 4. The van der Waals surface area contributed by atoms with E-state index in [2.05, 4.69) is 4.98 Å². The fraction of sp³-hybridized carbons (Fsp3) is 0.0500. The first kappa shape index (κ1) is 13.9. The molecule has 0 fully saturated rings. The minimum atomic E-state index is -0.0700. The van der Waals surface area contributed by atoms with Gasteiger partial charge in [0.25, 0.3) is 5.56 Å². The summed E-state index contributed by atoms with van der Waals surface area (Å²) in [6.45, 7) is 1.93. The van der Waals surface area contributed by atoms with Crippen molar-refractivity contribution < 1.29 is 0 Å². The van der Waals surface area contributed by atoms with Crippen LogP contribution in [-0.2, 0) is 0 Å². The summed E-state index contributed by atoms with van der Waals surface area (Å²) < 4.78 is 3.65. The molecule has 5 rings (SSSR count). The maximum absolute atomic E-state index is 13.3. The van der Waals surface area contributed by atoms with Gasteiger partial charge in [0.1, 0.15) is 11.2 Å². The Balaban J connectivity index is 2.09. The summed E-state index contributed by atoms with van der Waals surface area (Å²) in [7, 11) is 0. The Kier molecular flexibility index (Phi) is 2.79. The first-order valence-electron chi connectivity index (χ1n) is 8.07. The molecule has 4 aromatic heterocycles. The van der Waals surface area contributed by atoms with Crippen LogP contribution in [0.2, 0.25) is 0 Å². The van der Waals surface area contributed by atoms with Gasteiger partial charge in [-0.25, -0.2) is 4.98 Å². The molecule has 1 aromatic carbocycles. The minimum Gasteiger partial charge on any atom is -0.285 e. The lowest BCUT2D eigenvalue weighted by molar-refractivity contribution is 0.995. The standard InChI is InChI=1S/C20H14N4O/c1-13-9-10-14(12-21-13)24-19-18(22-17-8-4-5-11-23(17)19)15-6-2-3-7-16(15)20(24)25/h2-12H,1H3. The molecule has 0 spiro atoms. The van der Waals surface area contributed by atoms with E-state index in [9.17, 15) is 4.79 Å². The van der Waals surface area contributed by atoms with E-state index < -0.39 is 0 Å². The van der Waals surface area contributed by atoms with E-state index in [1.54, 1.807) is 10.8 Å². The summed E-state index contributed by atoms with van der Waals surface area (Å²) in [5.41, 5.74) is 3.94. The molecule has 25 heavy (non-hydrogen) atoms. The Bertz CT molecular complexity index is 1310. The molecular weight excluding hydrogens is 312 g/mol. The van der Waals surface area contributed by atoms with Crippen LogP contribution in [0.1, 0.15) is 5.69 Å². The van der Waals surface area contributed by atoms with Gasteiger partial charge in [0.15, 0.2) is 5.65 Å². The first-order valence-corrected chi connectivity index (χ1v) is 8.07. The van der Waals surface area contributed by atoms with Gasteiger partial charge in [0.2, 0.25) is 0 Å². The molecule has 0 aliphatic rings. The van der Waals surface area contributed by atoms with Gasteiger partial charge in [-0.1, -0.05) is 24.3 Å². The largest absolute Gasteiger partial charge is 0.285 e. The second-order valence-electron chi connectivity index (χ2n) is 6.06. The highest BCUT2D eigenvalue weighted by atomic mass is 16.1. The minimum absolute atomic E-state index is 0.0700. The zero-order valence-corrected chi connectivity index (χ0v) is 13.5. The molecule has 0 aliphatic carbocycles. The fourth-order valence-corrected chi connectivity index (χ4v) is 3.30. The number of rotatable bonds is 1. The zero-order chi connectivity index (χ0) is 17.0. The van der Waals surface area contributed by atoms with Crippen LogP contribution in [0.25, 0.3) is 33.3 Å². The molecule has 0 radical (unpaired) electrons. The highest BCUT2D eigenvalue weighted by Gasteiger charge is 2.17. The van der Waals surface area contributed by atoms with E-state index in [0.717, 1.165) is 33.6 Å². The Morgan fingerprint density at radius 2 is 1.72 bits per heavy atom. The Morgan fingerprint density at radius 3 is 2.52 bits per heavy atom. The zero-order valence-electron chi connectivity index (χ0n) is 13.5. The predicted octanol–water partition coefficient (Wildman–Crippen LogP) is 3.50. The number of pyridine rings is 3. The highest BCUT2D eigenvalue weighted by molar-refractivity contribution is 6.04. The molecule has 0 amide bonds. The van der Waals surface area contributed by atoms with Crippen molar-refractivity contribution >= 4 is 27.6 Å². The number of hydrogen-bond donors (Lipinski definition) is 0. The molecule has 0 saturated heterocycles. The third-order valence-corrected chi connectivity index (χ3v) is 4.49. The SMILES string of the molecule is Cc1ccc(-n2c(=O)c3ccccc3c3nc4ccccn4c32)cn1. The maximum atomic E-state index is 13.3. The van der Waals surface area contributed by atoms with Gasteiger partial charge in [0.05, 0.1) is 11.9 Å². The molecule has 120 valence electrons. The van der Waals surface area contributed by atoms with E-state index in [4.69, 9.17) is 4.98 Å². The van der Waals surface area contributed by atoms with E-state index in [0.29, 0.717) is 5.39 Å². The summed E-state index contributed by atoms with van der Waals surface area (Å²) in [6.07, 6.45) is 3.66. The number of hydrogen-bond acceptors (Lipinski definition) is 3. The molecule has 0 N–H and O–H groups in total. The van der Waals surface area contributed by atoms with Crippen molar-refractivity contribution in [3.05, 3.63) is 83.0 Å². The van der Waals surface area contributed by atoms with Crippen molar-refractivity contribution in [1.29, 1.82) is 0 Å². The van der Waals surface area contributed by atoms with Gasteiger partial charge in [0, 0.05) is 22.7 Å². The van der Waals surface area contributed by atoms with Crippen LogP contribution < -0.4 is 5.56 Å². The van der Waals surface area contributed by atoms with Gasteiger partial charge >= 0.3 is 0 Å². The van der Waals surface area contributed by atoms with Crippen LogP contribution in [-0.4, -0.2) is 18.9 Å². The summed E-state index contributed by atoms with van der Waals surface area (Å²) in [4.78, 5) is 22.4. The molecule has 5 aromatic rings. The van der Waals surface area contributed by atoms with Gasteiger partial charge < -0.3 is 0 Å². The smallest absolute Gasteiger partial charge is 0.264 e. The van der Waals surface area contributed by atoms with Crippen LogP contribution in [0.15, 0.2) is 71.8 Å². The van der Waals surface area contributed by atoms with Gasteiger partial charge in [-0.15, -0.1) is 0 Å². The summed E-state index contributed by atoms with van der Waals surface area (Å²) in [6, 6.07) is 17.3.